The second kappa shape index (κ2) is 8.08. The van der Waals surface area contributed by atoms with E-state index in [2.05, 4.69) is 15.2 Å². The van der Waals surface area contributed by atoms with Crippen LogP contribution in [0.4, 0.5) is 10.2 Å². The van der Waals surface area contributed by atoms with Gasteiger partial charge in [0.25, 0.3) is 0 Å². The van der Waals surface area contributed by atoms with E-state index in [0.29, 0.717) is 11.5 Å². The van der Waals surface area contributed by atoms with E-state index in [9.17, 15) is 17.6 Å². The summed E-state index contributed by atoms with van der Waals surface area (Å²) < 4.78 is 49.0. The zero-order chi connectivity index (χ0) is 18.4. The molecule has 0 saturated heterocycles. The Hall–Kier alpha value is -2.46. The van der Waals surface area contributed by atoms with Crippen LogP contribution >= 0.6 is 0 Å². The second-order valence-electron chi connectivity index (χ2n) is 5.27. The van der Waals surface area contributed by atoms with Crippen LogP contribution in [-0.2, 0) is 14.8 Å². The van der Waals surface area contributed by atoms with E-state index in [0.717, 1.165) is 0 Å². The number of nitrogens with one attached hydrogen (secondary N) is 2. The molecule has 0 fully saturated rings. The summed E-state index contributed by atoms with van der Waals surface area (Å²) >= 11 is 0. The first-order valence-electron chi connectivity index (χ1n) is 7.38. The van der Waals surface area contributed by atoms with Crippen LogP contribution in [0.2, 0.25) is 0 Å². The largest absolute Gasteiger partial charge is 0.492 e. The first-order valence-corrected chi connectivity index (χ1v) is 9.03. The fourth-order valence-corrected chi connectivity index (χ4v) is 2.91. The Labute approximate surface area is 144 Å². The minimum atomic E-state index is -3.74. The van der Waals surface area contributed by atoms with Gasteiger partial charge in [0.2, 0.25) is 15.9 Å². The quantitative estimate of drug-likeness (QED) is 0.727. The highest BCUT2D eigenvalue weighted by Gasteiger charge is 2.21. The van der Waals surface area contributed by atoms with Gasteiger partial charge in [0.05, 0.1) is 11.8 Å². The normalized spacial score (nSPS) is 12.6. The van der Waals surface area contributed by atoms with E-state index in [1.807, 2.05) is 0 Å². The summed E-state index contributed by atoms with van der Waals surface area (Å²) in [6, 6.07) is 5.71. The van der Waals surface area contributed by atoms with E-state index in [1.165, 1.54) is 37.3 Å². The first kappa shape index (κ1) is 18.9. The molecule has 0 aliphatic heterocycles. The molecule has 0 aliphatic carbocycles. The molecule has 0 spiro atoms. The Bertz CT molecular complexity index is 820. The van der Waals surface area contributed by atoms with E-state index in [4.69, 9.17) is 9.26 Å². The molecular weight excluding hydrogens is 353 g/mol. The van der Waals surface area contributed by atoms with Gasteiger partial charge < -0.3 is 14.6 Å². The number of halogens is 1. The van der Waals surface area contributed by atoms with E-state index in [1.54, 1.807) is 6.92 Å². The number of aromatic nitrogens is 1. The third kappa shape index (κ3) is 6.16. The van der Waals surface area contributed by atoms with Crippen molar-refractivity contribution < 1.29 is 26.9 Å². The van der Waals surface area contributed by atoms with Crippen LogP contribution in [0, 0.1) is 12.7 Å². The van der Waals surface area contributed by atoms with Crippen LogP contribution in [-0.4, -0.2) is 37.9 Å². The molecule has 1 aromatic heterocycles. The average Bonchev–Trinajstić information content (AvgIpc) is 2.93. The lowest BCUT2D eigenvalue weighted by molar-refractivity contribution is -0.117. The smallest absolute Gasteiger partial charge is 0.243 e. The topological polar surface area (TPSA) is 111 Å². The van der Waals surface area contributed by atoms with Gasteiger partial charge in [-0.3, -0.25) is 4.79 Å². The molecule has 1 atom stereocenters. The predicted octanol–water partition coefficient (Wildman–Crippen LogP) is 1.45. The third-order valence-corrected chi connectivity index (χ3v) is 4.48. The van der Waals surface area contributed by atoms with Crippen LogP contribution < -0.4 is 14.8 Å². The van der Waals surface area contributed by atoms with Crippen LogP contribution in [0.3, 0.4) is 0 Å². The Morgan fingerprint density at radius 1 is 1.36 bits per heavy atom. The number of hydrogen-bond donors (Lipinski definition) is 2. The minimum Gasteiger partial charge on any atom is -0.492 e. The Morgan fingerprint density at radius 2 is 2.04 bits per heavy atom. The number of sulfonamides is 1. The van der Waals surface area contributed by atoms with Gasteiger partial charge in [0.1, 0.15) is 23.9 Å². The fourth-order valence-electron chi connectivity index (χ4n) is 1.84. The minimum absolute atomic E-state index is 0.141. The molecule has 1 aromatic carbocycles. The highest BCUT2D eigenvalue weighted by atomic mass is 32.2. The molecule has 2 aromatic rings. The molecule has 2 N–H and O–H groups in total. The molecule has 0 unspecified atom stereocenters. The molecule has 0 bridgehead atoms. The number of carbonyl (C=O) groups excluding carboxylic acids is 1. The standard InChI is InChI=1S/C15H18FN3O5S/c1-10-9-14(18-24-10)17-15(20)11(2)19-25(21,22)8-7-23-13-5-3-12(16)4-6-13/h3-6,9,11,19H,7-8H2,1-2H3,(H,17,18,20)/t11-/m0/s1. The lowest BCUT2D eigenvalue weighted by Gasteiger charge is -2.13. The van der Waals surface area contributed by atoms with Crippen molar-refractivity contribution in [1.82, 2.24) is 9.88 Å². The molecule has 0 radical (unpaired) electrons. The summed E-state index contributed by atoms with van der Waals surface area (Å²) in [7, 11) is -3.74. The number of anilines is 1. The molecular formula is C15H18FN3O5S. The van der Waals surface area contributed by atoms with Crippen LogP contribution in [0.15, 0.2) is 34.9 Å². The van der Waals surface area contributed by atoms with Crippen molar-refractivity contribution in [2.75, 3.05) is 17.7 Å². The molecule has 0 aliphatic rings. The SMILES string of the molecule is Cc1cc(NC(=O)[C@H](C)NS(=O)(=O)CCOc2ccc(F)cc2)no1. The van der Waals surface area contributed by atoms with Gasteiger partial charge in [-0.15, -0.1) is 0 Å². The maximum Gasteiger partial charge on any atom is 0.243 e. The number of nitrogens with zero attached hydrogens (tertiary/aromatic N) is 1. The highest BCUT2D eigenvalue weighted by Crippen LogP contribution is 2.11. The Kier molecular flexibility index (Phi) is 6.10. The van der Waals surface area contributed by atoms with Gasteiger partial charge in [0.15, 0.2) is 5.82 Å². The maximum absolute atomic E-state index is 12.8. The van der Waals surface area contributed by atoms with E-state index < -0.39 is 27.8 Å². The first-order chi connectivity index (χ1) is 11.7. The fraction of sp³-hybridized carbons (Fsp3) is 0.333. The Morgan fingerprint density at radius 3 is 2.64 bits per heavy atom. The molecule has 136 valence electrons. The number of aryl methyl sites for hydroxylation is 1. The zero-order valence-corrected chi connectivity index (χ0v) is 14.5. The zero-order valence-electron chi connectivity index (χ0n) is 13.7. The summed E-state index contributed by atoms with van der Waals surface area (Å²) in [5, 5.41) is 6.03. The molecule has 2 rings (SSSR count). The molecule has 10 heteroatoms. The van der Waals surface area contributed by atoms with Gasteiger partial charge in [0, 0.05) is 6.07 Å². The predicted molar refractivity (Wildman–Crippen MR) is 88.1 cm³/mol. The monoisotopic (exact) mass is 371 g/mol. The van der Waals surface area contributed by atoms with Crippen LogP contribution in [0.5, 0.6) is 5.75 Å². The van der Waals surface area contributed by atoms with Gasteiger partial charge in [-0.05, 0) is 38.1 Å². The molecule has 8 nitrogen and oxygen atoms in total. The summed E-state index contributed by atoms with van der Waals surface area (Å²) in [5.41, 5.74) is 0. The van der Waals surface area contributed by atoms with Crippen molar-refractivity contribution in [3.05, 3.63) is 41.9 Å². The second-order valence-corrected chi connectivity index (χ2v) is 7.15. The number of rotatable bonds is 8. The van der Waals surface area contributed by atoms with Crippen molar-refractivity contribution in [3.63, 3.8) is 0 Å². The number of amides is 1. The summed E-state index contributed by atoms with van der Waals surface area (Å²) in [4.78, 5) is 11.9. The number of hydrogen-bond acceptors (Lipinski definition) is 6. The molecule has 25 heavy (non-hydrogen) atoms. The third-order valence-electron chi connectivity index (χ3n) is 3.06. The lowest BCUT2D eigenvalue weighted by Crippen LogP contribution is -2.43. The summed E-state index contributed by atoms with van der Waals surface area (Å²) in [6.45, 7) is 2.92. The number of carbonyl (C=O) groups is 1. The van der Waals surface area contributed by atoms with Gasteiger partial charge in [-0.1, -0.05) is 5.16 Å². The highest BCUT2D eigenvalue weighted by molar-refractivity contribution is 7.89. The molecule has 1 amide bonds. The molecule has 0 saturated carbocycles. The van der Waals surface area contributed by atoms with Crippen molar-refractivity contribution in [1.29, 1.82) is 0 Å². The van der Waals surface area contributed by atoms with Crippen LogP contribution in [0.25, 0.3) is 0 Å². The average molecular weight is 371 g/mol. The number of ether oxygens (including phenoxy) is 1. The van der Waals surface area contributed by atoms with Crippen LogP contribution in [0.1, 0.15) is 12.7 Å². The van der Waals surface area contributed by atoms with Crippen molar-refractivity contribution in [2.24, 2.45) is 0 Å². The van der Waals surface area contributed by atoms with Gasteiger partial charge in [-0.25, -0.2) is 17.5 Å². The lowest BCUT2D eigenvalue weighted by atomic mass is 10.3. The van der Waals surface area contributed by atoms with Gasteiger partial charge >= 0.3 is 0 Å². The van der Waals surface area contributed by atoms with E-state index >= 15 is 0 Å². The van der Waals surface area contributed by atoms with E-state index in [-0.39, 0.29) is 18.2 Å². The maximum atomic E-state index is 12.8. The van der Waals surface area contributed by atoms with Crippen molar-refractivity contribution in [3.8, 4) is 5.75 Å². The number of benzene rings is 1. The molecule has 1 heterocycles. The summed E-state index contributed by atoms with van der Waals surface area (Å²) in [6.07, 6.45) is 0. The van der Waals surface area contributed by atoms with Crippen molar-refractivity contribution in [2.45, 2.75) is 19.9 Å². The Balaban J connectivity index is 1.80. The van der Waals surface area contributed by atoms with Crippen molar-refractivity contribution >= 4 is 21.7 Å². The van der Waals surface area contributed by atoms with Gasteiger partial charge in [-0.2, -0.15) is 0 Å². The summed E-state index contributed by atoms with van der Waals surface area (Å²) in [5.74, 6) is -0.274.